The molecule has 0 bridgehead atoms. The van der Waals surface area contributed by atoms with E-state index in [4.69, 9.17) is 4.84 Å². The number of hydrogen-bond donors (Lipinski definition) is 1. The molecule has 6 unspecified atom stereocenters. The van der Waals surface area contributed by atoms with E-state index in [1.54, 1.807) is 5.57 Å². The van der Waals surface area contributed by atoms with Crippen LogP contribution in [0.2, 0.25) is 0 Å². The van der Waals surface area contributed by atoms with Crippen LogP contribution in [0.25, 0.3) is 0 Å². The highest BCUT2D eigenvalue weighted by Crippen LogP contribution is 2.65. The Morgan fingerprint density at radius 3 is 2.82 bits per heavy atom. The van der Waals surface area contributed by atoms with Crippen molar-refractivity contribution in [2.75, 3.05) is 20.7 Å². The number of nitrogens with zero attached hydrogens (tertiary/aromatic N) is 5. The summed E-state index contributed by atoms with van der Waals surface area (Å²) < 4.78 is 1.83. The Morgan fingerprint density at radius 2 is 2.00 bits per heavy atom. The fraction of sp³-hybridized carbons (Fsp3) is 0.808. The Hall–Kier alpha value is -1.73. The first-order valence-electron chi connectivity index (χ1n) is 12.9. The number of oxime groups is 1. The number of rotatable bonds is 6. The van der Waals surface area contributed by atoms with Crippen molar-refractivity contribution in [1.82, 2.24) is 19.9 Å². The highest BCUT2D eigenvalue weighted by atomic mass is 16.6. The minimum Gasteiger partial charge on any atom is -0.394 e. The van der Waals surface area contributed by atoms with Gasteiger partial charge in [-0.25, -0.2) is 4.68 Å². The lowest BCUT2D eigenvalue weighted by atomic mass is 9.47. The number of aliphatic hydroxyl groups excluding tert-OH is 1. The Kier molecular flexibility index (Phi) is 6.15. The molecule has 6 atom stereocenters. The molecular formula is C26H41N5O2. The van der Waals surface area contributed by atoms with Crippen LogP contribution in [0.4, 0.5) is 0 Å². The molecule has 0 aliphatic heterocycles. The van der Waals surface area contributed by atoms with Crippen LogP contribution in [0.15, 0.2) is 23.0 Å². The van der Waals surface area contributed by atoms with E-state index >= 15 is 0 Å². The van der Waals surface area contributed by atoms with Gasteiger partial charge >= 0.3 is 0 Å². The van der Waals surface area contributed by atoms with Crippen LogP contribution >= 0.6 is 0 Å². The summed E-state index contributed by atoms with van der Waals surface area (Å²) in [4.78, 5) is 7.77. The van der Waals surface area contributed by atoms with Crippen molar-refractivity contribution < 1.29 is 9.94 Å². The standard InChI is InChI=1S/C26H41N5O2/c1-25-11-9-19(28-33-14-13-31-17-20(27-29-31)16-30(3)4)15-18(25)5-6-21-22-7-8-24(32)26(22,2)12-10-23(21)25/h15,17,21-24,32H,5-14,16H2,1-4H3. The first-order valence-corrected chi connectivity index (χ1v) is 12.9. The smallest absolute Gasteiger partial charge is 0.136 e. The Bertz CT molecular complexity index is 924. The molecule has 0 radical (unpaired) electrons. The lowest BCUT2D eigenvalue weighted by Crippen LogP contribution is -2.51. The number of fused-ring (bicyclic) bond motifs is 5. The molecule has 4 aliphatic rings. The quantitative estimate of drug-likeness (QED) is 0.518. The normalized spacial score (nSPS) is 39.2. The molecule has 7 nitrogen and oxygen atoms in total. The van der Waals surface area contributed by atoms with Gasteiger partial charge in [-0.2, -0.15) is 0 Å². The monoisotopic (exact) mass is 455 g/mol. The SMILES string of the molecule is CN(C)Cc1cn(CCON=C2C=C3CCC4C(CCC5(C)C(O)CCC45)C3(C)CC2)nn1. The molecule has 0 aromatic carbocycles. The summed E-state index contributed by atoms with van der Waals surface area (Å²) in [5.41, 5.74) is 4.09. The second-order valence-electron chi connectivity index (χ2n) is 11.8. The van der Waals surface area contributed by atoms with Gasteiger partial charge in [-0.05, 0) is 100 Å². The molecule has 1 N–H and O–H groups in total. The third-order valence-electron chi connectivity index (χ3n) is 9.59. The highest BCUT2D eigenvalue weighted by molar-refractivity contribution is 5.96. The third kappa shape index (κ3) is 4.16. The first kappa shape index (κ1) is 23.0. The van der Waals surface area contributed by atoms with Crippen molar-refractivity contribution in [2.45, 2.75) is 84.4 Å². The van der Waals surface area contributed by atoms with Gasteiger partial charge in [0.15, 0.2) is 0 Å². The fourth-order valence-corrected chi connectivity index (χ4v) is 7.72. The van der Waals surface area contributed by atoms with E-state index in [9.17, 15) is 5.11 Å². The Balaban J connectivity index is 1.20. The summed E-state index contributed by atoms with van der Waals surface area (Å²) in [6.45, 7) is 6.82. The third-order valence-corrected chi connectivity index (χ3v) is 9.59. The molecule has 0 amide bonds. The van der Waals surface area contributed by atoms with Gasteiger partial charge in [-0.3, -0.25) is 0 Å². The van der Waals surface area contributed by atoms with Gasteiger partial charge in [-0.1, -0.05) is 29.8 Å². The van der Waals surface area contributed by atoms with E-state index in [0.717, 1.165) is 42.6 Å². The van der Waals surface area contributed by atoms with E-state index in [1.807, 2.05) is 25.0 Å². The number of aliphatic hydroxyl groups is 1. The molecule has 1 aromatic rings. The zero-order valence-electron chi connectivity index (χ0n) is 20.8. The van der Waals surface area contributed by atoms with Crippen molar-refractivity contribution >= 4 is 5.71 Å². The molecule has 3 fully saturated rings. The summed E-state index contributed by atoms with van der Waals surface area (Å²) >= 11 is 0. The number of aromatic nitrogens is 3. The Labute approximate surface area is 198 Å². The van der Waals surface area contributed by atoms with Gasteiger partial charge in [0.2, 0.25) is 0 Å². The summed E-state index contributed by atoms with van der Waals surface area (Å²) in [6.07, 6.45) is 13.5. The van der Waals surface area contributed by atoms with Crippen LogP contribution in [0.5, 0.6) is 0 Å². The largest absolute Gasteiger partial charge is 0.394 e. The first-order chi connectivity index (χ1) is 15.8. The van der Waals surface area contributed by atoms with Crippen LogP contribution in [0, 0.1) is 28.6 Å². The zero-order chi connectivity index (χ0) is 23.2. The molecule has 33 heavy (non-hydrogen) atoms. The molecule has 1 heterocycles. The molecule has 0 saturated heterocycles. The van der Waals surface area contributed by atoms with Crippen molar-refractivity contribution in [3.05, 3.63) is 23.5 Å². The zero-order valence-corrected chi connectivity index (χ0v) is 20.8. The maximum Gasteiger partial charge on any atom is 0.136 e. The molecule has 0 spiro atoms. The molecule has 7 heteroatoms. The molecule has 3 saturated carbocycles. The summed E-state index contributed by atoms with van der Waals surface area (Å²) in [5.74, 6) is 2.24. The van der Waals surface area contributed by atoms with Crippen molar-refractivity contribution in [2.24, 2.45) is 33.7 Å². The van der Waals surface area contributed by atoms with E-state index < -0.39 is 0 Å². The molecular weight excluding hydrogens is 414 g/mol. The molecule has 5 rings (SSSR count). The van der Waals surface area contributed by atoms with Crippen LogP contribution in [-0.2, 0) is 17.9 Å². The molecule has 4 aliphatic carbocycles. The van der Waals surface area contributed by atoms with Crippen LogP contribution in [-0.4, -0.2) is 57.5 Å². The average Bonchev–Trinajstić information content (AvgIpc) is 3.34. The van der Waals surface area contributed by atoms with E-state index in [1.165, 1.54) is 38.5 Å². The molecule has 182 valence electrons. The highest BCUT2D eigenvalue weighted by Gasteiger charge is 2.58. The number of hydrogen-bond acceptors (Lipinski definition) is 6. The topological polar surface area (TPSA) is 75.8 Å². The predicted octanol–water partition coefficient (Wildman–Crippen LogP) is 4.04. The van der Waals surface area contributed by atoms with Crippen molar-refractivity contribution in [3.63, 3.8) is 0 Å². The van der Waals surface area contributed by atoms with E-state index in [-0.39, 0.29) is 11.5 Å². The minimum atomic E-state index is -0.0903. The van der Waals surface area contributed by atoms with Crippen molar-refractivity contribution in [3.8, 4) is 0 Å². The average molecular weight is 456 g/mol. The minimum absolute atomic E-state index is 0.0903. The van der Waals surface area contributed by atoms with Crippen LogP contribution in [0.3, 0.4) is 0 Å². The van der Waals surface area contributed by atoms with Crippen LogP contribution < -0.4 is 0 Å². The number of allylic oxidation sites excluding steroid dienone is 2. The second-order valence-corrected chi connectivity index (χ2v) is 11.8. The van der Waals surface area contributed by atoms with E-state index in [0.29, 0.717) is 24.5 Å². The summed E-state index contributed by atoms with van der Waals surface area (Å²) in [5, 5.41) is 23.5. The van der Waals surface area contributed by atoms with Gasteiger partial charge < -0.3 is 14.8 Å². The predicted molar refractivity (Wildman–Crippen MR) is 129 cm³/mol. The van der Waals surface area contributed by atoms with Gasteiger partial charge in [-0.15, -0.1) is 5.10 Å². The molecule has 1 aromatic heterocycles. The Morgan fingerprint density at radius 1 is 1.15 bits per heavy atom. The maximum atomic E-state index is 10.7. The fourth-order valence-electron chi connectivity index (χ4n) is 7.72. The maximum absolute atomic E-state index is 10.7. The van der Waals surface area contributed by atoms with Gasteiger partial charge in [0.1, 0.15) is 6.61 Å². The summed E-state index contributed by atoms with van der Waals surface area (Å²) in [7, 11) is 4.05. The second kappa shape index (κ2) is 8.81. The van der Waals surface area contributed by atoms with E-state index in [2.05, 4.69) is 40.3 Å². The van der Waals surface area contributed by atoms with Gasteiger partial charge in [0, 0.05) is 12.7 Å². The van der Waals surface area contributed by atoms with Crippen molar-refractivity contribution in [1.29, 1.82) is 0 Å². The van der Waals surface area contributed by atoms with Gasteiger partial charge in [0.25, 0.3) is 0 Å². The lowest BCUT2D eigenvalue weighted by Gasteiger charge is -2.57. The lowest BCUT2D eigenvalue weighted by molar-refractivity contribution is -0.0722. The van der Waals surface area contributed by atoms with Crippen LogP contribution in [0.1, 0.15) is 70.9 Å². The van der Waals surface area contributed by atoms with Gasteiger partial charge in [0.05, 0.1) is 24.1 Å². The summed E-state index contributed by atoms with van der Waals surface area (Å²) in [6, 6.07) is 0.